The highest BCUT2D eigenvalue weighted by molar-refractivity contribution is 5.69. The molecule has 312 valence electrons. The predicted molar refractivity (Wildman–Crippen MR) is 195 cm³/mol. The van der Waals surface area contributed by atoms with Crippen LogP contribution < -0.4 is 0 Å². The lowest BCUT2D eigenvalue weighted by Gasteiger charge is -2.19. The minimum absolute atomic E-state index is 0.231. The molecule has 0 aliphatic carbocycles. The van der Waals surface area contributed by atoms with Crippen LogP contribution >= 0.6 is 0 Å². The van der Waals surface area contributed by atoms with Gasteiger partial charge in [0.05, 0.1) is 172 Å². The second-order valence-electron chi connectivity index (χ2n) is 12.4. The molecule has 0 fully saturated rings. The smallest absolute Gasteiger partial charge is 0.308 e. The largest absolute Gasteiger partial charge is 0.460 e. The fourth-order valence-electron chi connectivity index (χ4n) is 3.92. The topological polar surface area (TPSA) is 146 Å². The van der Waals surface area contributed by atoms with Gasteiger partial charge in [-0.15, -0.1) is 0 Å². The Balaban J connectivity index is 3.09. The second kappa shape index (κ2) is 42.7. The van der Waals surface area contributed by atoms with Crippen molar-refractivity contribution in [1.29, 1.82) is 0 Å². The van der Waals surface area contributed by atoms with Crippen LogP contribution in [0.2, 0.25) is 0 Å². The van der Waals surface area contributed by atoms with E-state index in [9.17, 15) is 4.79 Å². The first-order valence-corrected chi connectivity index (χ1v) is 19.2. The lowest BCUT2D eigenvalue weighted by Crippen LogP contribution is -2.24. The summed E-state index contributed by atoms with van der Waals surface area (Å²) in [7, 11) is 0. The van der Waals surface area contributed by atoms with Crippen molar-refractivity contribution in [1.82, 2.24) is 0 Å². The number of hydrogen-bond donors (Lipinski definition) is 0. The molecule has 0 aromatic rings. The maximum atomic E-state index is 11.6. The Morgan fingerprint density at radius 1 is 0.327 bits per heavy atom. The van der Waals surface area contributed by atoms with Crippen molar-refractivity contribution in [2.45, 2.75) is 65.4 Å². The van der Waals surface area contributed by atoms with Gasteiger partial charge in [0, 0.05) is 6.61 Å². The van der Waals surface area contributed by atoms with Gasteiger partial charge in [0.2, 0.25) is 0 Å². The Labute approximate surface area is 314 Å². The number of hydrogen-bond acceptors (Lipinski definition) is 15. The zero-order chi connectivity index (χ0) is 37.9. The van der Waals surface area contributed by atoms with Gasteiger partial charge in [0.15, 0.2) is 0 Å². The molecule has 0 aliphatic heterocycles. The SMILES string of the molecule is CCCCCCOCCOCCOCCOCCOCCOCCOCCOCCOCCOCCOCCOCCOCCC(=O)OC(C)(C)C. The first-order valence-electron chi connectivity index (χ1n) is 19.2. The van der Waals surface area contributed by atoms with Gasteiger partial charge < -0.3 is 66.3 Å². The summed E-state index contributed by atoms with van der Waals surface area (Å²) in [6.45, 7) is 21.1. The minimum Gasteiger partial charge on any atom is -0.460 e. The van der Waals surface area contributed by atoms with E-state index in [1.165, 1.54) is 19.3 Å². The van der Waals surface area contributed by atoms with Gasteiger partial charge in [-0.3, -0.25) is 4.79 Å². The van der Waals surface area contributed by atoms with E-state index in [0.29, 0.717) is 165 Å². The summed E-state index contributed by atoms with van der Waals surface area (Å²) in [6.07, 6.45) is 5.11. The molecule has 0 saturated heterocycles. The van der Waals surface area contributed by atoms with E-state index in [-0.39, 0.29) is 12.4 Å². The highest BCUT2D eigenvalue weighted by atomic mass is 16.6. The third kappa shape index (κ3) is 47.0. The molecular formula is C37H74O15. The highest BCUT2D eigenvalue weighted by Crippen LogP contribution is 2.08. The van der Waals surface area contributed by atoms with E-state index in [4.69, 9.17) is 66.3 Å². The number of unbranched alkanes of at least 4 members (excludes halogenated alkanes) is 3. The number of carbonyl (C=O) groups excluding carboxylic acids is 1. The monoisotopic (exact) mass is 759 g/mol. The zero-order valence-corrected chi connectivity index (χ0v) is 33.0. The molecule has 52 heavy (non-hydrogen) atoms. The fraction of sp³-hybridized carbons (Fsp3) is 0.973. The lowest BCUT2D eigenvalue weighted by molar-refractivity contribution is -0.156. The Hall–Kier alpha value is -1.05. The van der Waals surface area contributed by atoms with Crippen LogP contribution in [0.1, 0.15) is 59.8 Å². The summed E-state index contributed by atoms with van der Waals surface area (Å²) in [4.78, 5) is 11.6. The Kier molecular flexibility index (Phi) is 41.8. The van der Waals surface area contributed by atoms with Crippen molar-refractivity contribution in [3.63, 3.8) is 0 Å². The molecule has 15 nitrogen and oxygen atoms in total. The summed E-state index contributed by atoms with van der Waals surface area (Å²) >= 11 is 0. The van der Waals surface area contributed by atoms with Crippen molar-refractivity contribution in [3.8, 4) is 0 Å². The van der Waals surface area contributed by atoms with Crippen LogP contribution in [0.4, 0.5) is 0 Å². The molecule has 0 saturated carbocycles. The zero-order valence-electron chi connectivity index (χ0n) is 33.0. The first-order chi connectivity index (χ1) is 25.5. The third-order valence-electron chi connectivity index (χ3n) is 6.48. The maximum absolute atomic E-state index is 11.6. The van der Waals surface area contributed by atoms with Gasteiger partial charge in [-0.2, -0.15) is 0 Å². The van der Waals surface area contributed by atoms with Crippen LogP contribution in [0.5, 0.6) is 0 Å². The van der Waals surface area contributed by atoms with E-state index in [0.717, 1.165) is 13.0 Å². The minimum atomic E-state index is -0.475. The molecule has 0 aromatic carbocycles. The van der Waals surface area contributed by atoms with E-state index in [1.807, 2.05) is 20.8 Å². The molecule has 0 amide bonds. The van der Waals surface area contributed by atoms with Crippen LogP contribution in [0, 0.1) is 0 Å². The van der Waals surface area contributed by atoms with Gasteiger partial charge in [-0.25, -0.2) is 0 Å². The Bertz CT molecular complexity index is 697. The molecule has 0 rings (SSSR count). The molecule has 15 heteroatoms. The molecule has 0 atom stereocenters. The quantitative estimate of drug-likeness (QED) is 0.0659. The molecule has 0 N–H and O–H groups in total. The van der Waals surface area contributed by atoms with Crippen molar-refractivity contribution in [3.05, 3.63) is 0 Å². The molecule has 0 radical (unpaired) electrons. The number of esters is 1. The van der Waals surface area contributed by atoms with E-state index >= 15 is 0 Å². The molecule has 0 unspecified atom stereocenters. The molecule has 0 heterocycles. The molecule has 0 aromatic heterocycles. The third-order valence-corrected chi connectivity index (χ3v) is 6.48. The van der Waals surface area contributed by atoms with Gasteiger partial charge in [0.1, 0.15) is 5.60 Å². The van der Waals surface area contributed by atoms with Crippen molar-refractivity contribution in [2.24, 2.45) is 0 Å². The average molecular weight is 759 g/mol. The fourth-order valence-corrected chi connectivity index (χ4v) is 3.92. The summed E-state index contributed by atoms with van der Waals surface area (Å²) in [5, 5.41) is 0. The molecular weight excluding hydrogens is 684 g/mol. The van der Waals surface area contributed by atoms with Crippen LogP contribution in [-0.2, 0) is 71.1 Å². The standard InChI is InChI=1S/C37H74O15/c1-5-6-7-8-10-39-12-14-41-16-18-43-20-22-45-24-26-47-28-30-49-32-34-51-35-33-50-31-29-48-27-25-46-23-21-44-19-17-42-15-13-40-11-9-36(38)52-37(2,3)4/h5-35H2,1-4H3. The van der Waals surface area contributed by atoms with Gasteiger partial charge >= 0.3 is 5.97 Å². The Morgan fingerprint density at radius 3 is 0.788 bits per heavy atom. The molecule has 0 aliphatic rings. The van der Waals surface area contributed by atoms with Crippen LogP contribution in [-0.4, -0.2) is 183 Å². The van der Waals surface area contributed by atoms with E-state index in [1.54, 1.807) is 0 Å². The first kappa shape index (κ1) is 51.0. The summed E-state index contributed by atoms with van der Waals surface area (Å²) < 4.78 is 76.4. The van der Waals surface area contributed by atoms with Crippen LogP contribution in [0.25, 0.3) is 0 Å². The van der Waals surface area contributed by atoms with Gasteiger partial charge in [-0.05, 0) is 27.2 Å². The van der Waals surface area contributed by atoms with E-state index < -0.39 is 5.60 Å². The highest BCUT2D eigenvalue weighted by Gasteiger charge is 2.15. The van der Waals surface area contributed by atoms with Crippen molar-refractivity contribution < 1.29 is 71.1 Å². The van der Waals surface area contributed by atoms with Crippen molar-refractivity contribution in [2.75, 3.05) is 172 Å². The summed E-state index contributed by atoms with van der Waals surface area (Å²) in [6, 6.07) is 0. The average Bonchev–Trinajstić information content (AvgIpc) is 3.11. The predicted octanol–water partition coefficient (Wildman–Crippen LogP) is 3.51. The molecule has 0 bridgehead atoms. The summed E-state index contributed by atoms with van der Waals surface area (Å²) in [5.74, 6) is -0.265. The van der Waals surface area contributed by atoms with Crippen LogP contribution in [0.15, 0.2) is 0 Å². The maximum Gasteiger partial charge on any atom is 0.308 e. The van der Waals surface area contributed by atoms with E-state index in [2.05, 4.69) is 6.92 Å². The second-order valence-corrected chi connectivity index (χ2v) is 12.4. The normalized spacial score (nSPS) is 11.8. The van der Waals surface area contributed by atoms with Gasteiger partial charge in [0.25, 0.3) is 0 Å². The number of ether oxygens (including phenoxy) is 14. The number of rotatable bonds is 44. The molecule has 0 spiro atoms. The Morgan fingerprint density at radius 2 is 0.558 bits per heavy atom. The van der Waals surface area contributed by atoms with Crippen molar-refractivity contribution >= 4 is 5.97 Å². The summed E-state index contributed by atoms with van der Waals surface area (Å²) in [5.41, 5.74) is -0.475. The van der Waals surface area contributed by atoms with Crippen LogP contribution in [0.3, 0.4) is 0 Å². The van der Waals surface area contributed by atoms with Gasteiger partial charge in [-0.1, -0.05) is 26.2 Å². The number of carbonyl (C=O) groups is 1. The lowest BCUT2D eigenvalue weighted by atomic mass is 10.2.